The van der Waals surface area contributed by atoms with Crippen molar-refractivity contribution >= 4 is 0 Å². The van der Waals surface area contributed by atoms with Crippen LogP contribution in [0.2, 0.25) is 0 Å². The molecule has 2 nitrogen and oxygen atoms in total. The van der Waals surface area contributed by atoms with E-state index in [0.717, 1.165) is 17.5 Å². The maximum atomic E-state index is 10.3. The first-order valence-electron chi connectivity index (χ1n) is 9.84. The quantitative estimate of drug-likeness (QED) is 0.718. The van der Waals surface area contributed by atoms with Crippen LogP contribution < -0.4 is 0 Å². The van der Waals surface area contributed by atoms with Crippen molar-refractivity contribution in [1.29, 1.82) is 0 Å². The Morgan fingerprint density at radius 1 is 0.640 bits per heavy atom. The van der Waals surface area contributed by atoms with E-state index in [0.29, 0.717) is 23.3 Å². The summed E-state index contributed by atoms with van der Waals surface area (Å²) in [5, 5.41) is 20.5. The van der Waals surface area contributed by atoms with Gasteiger partial charge in [0.15, 0.2) is 0 Å². The largest absolute Gasteiger partial charge is 0.508 e. The number of rotatable bonds is 4. The summed E-state index contributed by atoms with van der Waals surface area (Å²) in [6.45, 7) is 0. The number of phenolic OH excluding ortho intramolecular Hbond substituents is 2. The van der Waals surface area contributed by atoms with Gasteiger partial charge in [-0.25, -0.2) is 0 Å². The zero-order valence-electron chi connectivity index (χ0n) is 14.9. The first-order chi connectivity index (χ1) is 12.2. The number of aromatic hydroxyl groups is 2. The number of hydrogen-bond acceptors (Lipinski definition) is 2. The van der Waals surface area contributed by atoms with Crippen molar-refractivity contribution in [2.75, 3.05) is 0 Å². The summed E-state index contributed by atoms with van der Waals surface area (Å²) in [4.78, 5) is 0. The van der Waals surface area contributed by atoms with Gasteiger partial charge in [-0.3, -0.25) is 0 Å². The normalized spacial score (nSPS) is 18.9. The van der Waals surface area contributed by atoms with Crippen LogP contribution in [0.15, 0.2) is 36.4 Å². The Bertz CT molecular complexity index is 674. The Kier molecular flexibility index (Phi) is 4.70. The van der Waals surface area contributed by atoms with E-state index in [1.54, 1.807) is 0 Å². The van der Waals surface area contributed by atoms with Crippen molar-refractivity contribution in [3.63, 3.8) is 0 Å². The van der Waals surface area contributed by atoms with Gasteiger partial charge >= 0.3 is 0 Å². The van der Waals surface area contributed by atoms with Gasteiger partial charge in [0, 0.05) is 0 Å². The van der Waals surface area contributed by atoms with Gasteiger partial charge in [0.1, 0.15) is 11.5 Å². The zero-order valence-corrected chi connectivity index (χ0v) is 14.9. The minimum absolute atomic E-state index is 0.452. The van der Waals surface area contributed by atoms with Crippen LogP contribution in [0.4, 0.5) is 0 Å². The Balaban J connectivity index is 1.57. The van der Waals surface area contributed by atoms with Crippen LogP contribution in [0.1, 0.15) is 85.5 Å². The van der Waals surface area contributed by atoms with E-state index < -0.39 is 0 Å². The van der Waals surface area contributed by atoms with Crippen molar-refractivity contribution in [2.24, 2.45) is 0 Å². The van der Waals surface area contributed by atoms with Gasteiger partial charge < -0.3 is 10.2 Å². The molecule has 2 aliphatic carbocycles. The molecule has 0 saturated heterocycles. The van der Waals surface area contributed by atoms with E-state index >= 15 is 0 Å². The molecule has 2 fully saturated rings. The SMILES string of the molecule is Oc1ccc(Cc2ccc(O)c(C3CCCC3)c2)cc1C1CCCC1. The molecule has 4 rings (SSSR count). The van der Waals surface area contributed by atoms with Crippen LogP contribution in [-0.2, 0) is 6.42 Å². The van der Waals surface area contributed by atoms with E-state index in [1.807, 2.05) is 24.3 Å². The molecule has 0 unspecified atom stereocenters. The minimum atomic E-state index is 0.452. The van der Waals surface area contributed by atoms with Gasteiger partial charge in [0.05, 0.1) is 0 Å². The molecule has 0 spiro atoms. The first kappa shape index (κ1) is 16.5. The minimum Gasteiger partial charge on any atom is -0.508 e. The fourth-order valence-electron chi connectivity index (χ4n) is 4.79. The summed E-state index contributed by atoms with van der Waals surface area (Å²) in [6.07, 6.45) is 10.7. The number of benzene rings is 2. The van der Waals surface area contributed by atoms with Gasteiger partial charge in [-0.2, -0.15) is 0 Å². The molecule has 0 heterocycles. The fourth-order valence-corrected chi connectivity index (χ4v) is 4.79. The highest BCUT2D eigenvalue weighted by molar-refractivity contribution is 5.43. The van der Waals surface area contributed by atoms with Gasteiger partial charge in [0.25, 0.3) is 0 Å². The summed E-state index contributed by atoms with van der Waals surface area (Å²) >= 11 is 0. The third-order valence-electron chi connectivity index (χ3n) is 6.18. The van der Waals surface area contributed by atoms with Gasteiger partial charge in [0.2, 0.25) is 0 Å². The monoisotopic (exact) mass is 336 g/mol. The Morgan fingerprint density at radius 2 is 1.04 bits per heavy atom. The molecule has 0 aromatic heterocycles. The zero-order chi connectivity index (χ0) is 17.2. The van der Waals surface area contributed by atoms with E-state index in [4.69, 9.17) is 0 Å². The molecule has 2 heteroatoms. The molecular weight excluding hydrogens is 308 g/mol. The molecule has 2 N–H and O–H groups in total. The predicted octanol–water partition coefficient (Wildman–Crippen LogP) is 6.00. The highest BCUT2D eigenvalue weighted by Gasteiger charge is 2.22. The molecule has 0 radical (unpaired) electrons. The van der Waals surface area contributed by atoms with Crippen LogP contribution in [0.25, 0.3) is 0 Å². The molecular formula is C23H28O2. The summed E-state index contributed by atoms with van der Waals surface area (Å²) in [7, 11) is 0. The molecule has 0 atom stereocenters. The van der Waals surface area contributed by atoms with Crippen LogP contribution >= 0.6 is 0 Å². The molecule has 2 aromatic rings. The number of phenols is 2. The molecule has 2 saturated carbocycles. The Morgan fingerprint density at radius 3 is 1.44 bits per heavy atom. The van der Waals surface area contributed by atoms with Gasteiger partial charge in [-0.1, -0.05) is 49.9 Å². The third kappa shape index (κ3) is 3.53. The highest BCUT2D eigenvalue weighted by Crippen LogP contribution is 2.40. The summed E-state index contributed by atoms with van der Waals surface area (Å²) in [5.74, 6) is 1.95. The van der Waals surface area contributed by atoms with E-state index in [9.17, 15) is 10.2 Å². The molecule has 2 aromatic carbocycles. The lowest BCUT2D eigenvalue weighted by atomic mass is 9.91. The van der Waals surface area contributed by atoms with Crippen LogP contribution in [-0.4, -0.2) is 10.2 Å². The van der Waals surface area contributed by atoms with Crippen molar-refractivity contribution < 1.29 is 10.2 Å². The first-order valence-corrected chi connectivity index (χ1v) is 9.84. The standard InChI is InChI=1S/C23H28O2/c24-22-11-9-16(14-20(22)18-5-1-2-6-18)13-17-10-12-23(25)21(15-17)19-7-3-4-8-19/h9-12,14-15,18-19,24-25H,1-8,13H2. The lowest BCUT2D eigenvalue weighted by Gasteiger charge is -2.15. The van der Waals surface area contributed by atoms with Crippen LogP contribution in [0, 0.1) is 0 Å². The highest BCUT2D eigenvalue weighted by atomic mass is 16.3. The average Bonchev–Trinajstić information content (AvgIpc) is 3.31. The van der Waals surface area contributed by atoms with Gasteiger partial charge in [-0.05, 0) is 78.3 Å². The molecule has 132 valence electrons. The third-order valence-corrected chi connectivity index (χ3v) is 6.18. The molecule has 25 heavy (non-hydrogen) atoms. The summed E-state index contributed by atoms with van der Waals surface area (Å²) in [6, 6.07) is 12.2. The van der Waals surface area contributed by atoms with Crippen LogP contribution in [0.5, 0.6) is 11.5 Å². The van der Waals surface area contributed by atoms with E-state index in [2.05, 4.69) is 12.1 Å². The molecule has 0 bridgehead atoms. The van der Waals surface area contributed by atoms with Crippen molar-refractivity contribution in [2.45, 2.75) is 69.6 Å². The molecule has 2 aliphatic rings. The second-order valence-electron chi connectivity index (χ2n) is 7.93. The second kappa shape index (κ2) is 7.11. The van der Waals surface area contributed by atoms with Crippen molar-refractivity contribution in [3.05, 3.63) is 58.7 Å². The Hall–Kier alpha value is -1.96. The second-order valence-corrected chi connectivity index (χ2v) is 7.93. The topological polar surface area (TPSA) is 40.5 Å². The predicted molar refractivity (Wildman–Crippen MR) is 101 cm³/mol. The van der Waals surface area contributed by atoms with Crippen LogP contribution in [0.3, 0.4) is 0 Å². The lowest BCUT2D eigenvalue weighted by Crippen LogP contribution is -1.98. The average molecular weight is 336 g/mol. The molecule has 0 amide bonds. The maximum Gasteiger partial charge on any atom is 0.119 e. The Labute approximate surface area is 150 Å². The van der Waals surface area contributed by atoms with E-state index in [-0.39, 0.29) is 0 Å². The van der Waals surface area contributed by atoms with E-state index in [1.165, 1.54) is 62.5 Å². The maximum absolute atomic E-state index is 10.3. The summed E-state index contributed by atoms with van der Waals surface area (Å²) in [5.41, 5.74) is 4.76. The van der Waals surface area contributed by atoms with Crippen molar-refractivity contribution in [3.8, 4) is 11.5 Å². The van der Waals surface area contributed by atoms with Crippen molar-refractivity contribution in [1.82, 2.24) is 0 Å². The number of hydrogen-bond donors (Lipinski definition) is 2. The summed E-state index contributed by atoms with van der Waals surface area (Å²) < 4.78 is 0. The fraction of sp³-hybridized carbons (Fsp3) is 0.478. The molecule has 0 aliphatic heterocycles. The lowest BCUT2D eigenvalue weighted by molar-refractivity contribution is 0.460. The smallest absolute Gasteiger partial charge is 0.119 e. The van der Waals surface area contributed by atoms with Gasteiger partial charge in [-0.15, -0.1) is 0 Å².